The number of hydrogen-bond acceptors (Lipinski definition) is 2. The van der Waals surface area contributed by atoms with E-state index in [4.69, 9.17) is 4.18 Å². The molecule has 0 spiro atoms. The van der Waals surface area contributed by atoms with E-state index in [1.807, 2.05) is 30.3 Å². The Kier molecular flexibility index (Phi) is 10.3. The van der Waals surface area contributed by atoms with E-state index in [1.165, 1.54) is 35.2 Å². The van der Waals surface area contributed by atoms with Crippen LogP contribution in [0.5, 0.6) is 5.75 Å². The molecule has 0 fully saturated rings. The first-order valence-electron chi connectivity index (χ1n) is 8.37. The molecule has 0 unspecified atom stereocenters. The molecule has 0 aromatic heterocycles. The molecule has 126 valence electrons. The van der Waals surface area contributed by atoms with Crippen molar-refractivity contribution in [3.05, 3.63) is 65.3 Å². The first-order valence-corrected chi connectivity index (χ1v) is 9.28. The van der Waals surface area contributed by atoms with E-state index < -0.39 is 0 Å². The van der Waals surface area contributed by atoms with Gasteiger partial charge in [-0.25, -0.2) is 0 Å². The highest BCUT2D eigenvalue weighted by Crippen LogP contribution is 2.16. The van der Waals surface area contributed by atoms with Gasteiger partial charge in [0.1, 0.15) is 5.75 Å². The van der Waals surface area contributed by atoms with Crippen LogP contribution in [0.15, 0.2) is 65.3 Å². The summed E-state index contributed by atoms with van der Waals surface area (Å²) in [5, 5.41) is 0. The largest absolute Gasteiger partial charge is 0.425 e. The van der Waals surface area contributed by atoms with Crippen molar-refractivity contribution < 1.29 is 4.18 Å². The van der Waals surface area contributed by atoms with Gasteiger partial charge in [0.05, 0.1) is 12.0 Å². The Morgan fingerprint density at radius 3 is 2.13 bits per heavy atom. The summed E-state index contributed by atoms with van der Waals surface area (Å²) in [5.41, 5.74) is 4.34. The number of rotatable bonds is 10. The highest BCUT2D eigenvalue weighted by Gasteiger charge is 1.94. The second-order valence-electron chi connectivity index (χ2n) is 6.14. The van der Waals surface area contributed by atoms with Crippen molar-refractivity contribution in [1.82, 2.24) is 0 Å². The van der Waals surface area contributed by atoms with Crippen LogP contribution in [0.3, 0.4) is 0 Å². The molecule has 1 nitrogen and oxygen atoms in total. The van der Waals surface area contributed by atoms with Crippen LogP contribution in [0, 0.1) is 0 Å². The third kappa shape index (κ3) is 10.9. The fourth-order valence-corrected chi connectivity index (χ4v) is 2.76. The number of allylic oxidation sites excluding steroid dienone is 5. The van der Waals surface area contributed by atoms with E-state index in [0.29, 0.717) is 0 Å². The summed E-state index contributed by atoms with van der Waals surface area (Å²) < 4.78 is 5.62. The fourth-order valence-electron chi connectivity index (χ4n) is 2.09. The van der Waals surface area contributed by atoms with E-state index in [2.05, 4.69) is 45.9 Å². The van der Waals surface area contributed by atoms with Crippen molar-refractivity contribution in [2.75, 3.05) is 5.75 Å². The smallest absolute Gasteiger partial charge is 0.137 e. The maximum atomic E-state index is 5.62. The van der Waals surface area contributed by atoms with E-state index >= 15 is 0 Å². The Morgan fingerprint density at radius 2 is 1.48 bits per heavy atom. The van der Waals surface area contributed by atoms with Crippen LogP contribution in [0.25, 0.3) is 0 Å². The van der Waals surface area contributed by atoms with Gasteiger partial charge in [-0.05, 0) is 65.5 Å². The Bertz CT molecular complexity index is 522. The Labute approximate surface area is 146 Å². The van der Waals surface area contributed by atoms with Gasteiger partial charge in [-0.1, -0.05) is 53.1 Å². The van der Waals surface area contributed by atoms with Crippen LogP contribution in [0.4, 0.5) is 0 Å². The molecule has 0 saturated heterocycles. The summed E-state index contributed by atoms with van der Waals surface area (Å²) in [5.74, 6) is 1.81. The summed E-state index contributed by atoms with van der Waals surface area (Å²) in [6.45, 7) is 8.76. The molecule has 0 atom stereocenters. The van der Waals surface area contributed by atoms with Gasteiger partial charge in [0.25, 0.3) is 0 Å². The van der Waals surface area contributed by atoms with Gasteiger partial charge in [-0.2, -0.15) is 0 Å². The lowest BCUT2D eigenvalue weighted by atomic mass is 10.1. The van der Waals surface area contributed by atoms with Gasteiger partial charge in [0.2, 0.25) is 0 Å². The van der Waals surface area contributed by atoms with Crippen molar-refractivity contribution in [3.63, 3.8) is 0 Å². The average molecular weight is 331 g/mol. The van der Waals surface area contributed by atoms with E-state index in [9.17, 15) is 0 Å². The molecule has 0 heterocycles. The van der Waals surface area contributed by atoms with Crippen LogP contribution in [0.1, 0.15) is 53.4 Å². The summed E-state index contributed by atoms with van der Waals surface area (Å²) in [6, 6.07) is 9.93. The molecule has 0 radical (unpaired) electrons. The Balaban J connectivity index is 2.17. The zero-order chi connectivity index (χ0) is 16.9. The quantitative estimate of drug-likeness (QED) is 0.256. The molecule has 1 aromatic rings. The second-order valence-corrected chi connectivity index (χ2v) is 6.88. The van der Waals surface area contributed by atoms with Crippen molar-refractivity contribution in [3.8, 4) is 5.75 Å². The normalized spacial score (nSPS) is 12.2. The molecule has 23 heavy (non-hydrogen) atoms. The summed E-state index contributed by atoms with van der Waals surface area (Å²) in [7, 11) is 0. The topological polar surface area (TPSA) is 9.23 Å². The first kappa shape index (κ1) is 19.6. The molecule has 0 saturated carbocycles. The van der Waals surface area contributed by atoms with Crippen LogP contribution in [-0.2, 0) is 0 Å². The molecular weight excluding hydrogens is 300 g/mol. The highest BCUT2D eigenvalue weighted by atomic mass is 32.2. The summed E-state index contributed by atoms with van der Waals surface area (Å²) >= 11 is 1.49. The predicted octanol–water partition coefficient (Wildman–Crippen LogP) is 7.13. The summed E-state index contributed by atoms with van der Waals surface area (Å²) in [4.78, 5) is 0. The van der Waals surface area contributed by atoms with Gasteiger partial charge < -0.3 is 4.18 Å². The van der Waals surface area contributed by atoms with E-state index in [0.717, 1.165) is 30.8 Å². The molecule has 0 aliphatic carbocycles. The molecule has 1 aromatic carbocycles. The standard InChI is InChI=1S/C21H30OS/c1-18(2)10-8-11-19(3)12-9-13-20(4)16-17-23-22-21-14-6-5-7-15-21/h5-7,10,12,14-16H,8-9,11,13,17H2,1-4H3. The zero-order valence-corrected chi connectivity index (χ0v) is 15.8. The van der Waals surface area contributed by atoms with E-state index in [1.54, 1.807) is 0 Å². The number of para-hydroxylation sites is 1. The highest BCUT2D eigenvalue weighted by molar-refractivity contribution is 7.95. The molecule has 0 aliphatic rings. The van der Waals surface area contributed by atoms with Crippen molar-refractivity contribution in [2.24, 2.45) is 0 Å². The molecule has 1 rings (SSSR count). The van der Waals surface area contributed by atoms with Gasteiger partial charge >= 0.3 is 0 Å². The maximum Gasteiger partial charge on any atom is 0.137 e. The van der Waals surface area contributed by atoms with Crippen molar-refractivity contribution >= 4 is 12.0 Å². The Hall–Kier alpha value is -1.41. The molecule has 0 bridgehead atoms. The van der Waals surface area contributed by atoms with Gasteiger partial charge in [-0.15, -0.1) is 0 Å². The van der Waals surface area contributed by atoms with Crippen molar-refractivity contribution in [1.29, 1.82) is 0 Å². The average Bonchev–Trinajstić information content (AvgIpc) is 2.52. The van der Waals surface area contributed by atoms with Crippen LogP contribution in [0.2, 0.25) is 0 Å². The number of benzene rings is 1. The lowest BCUT2D eigenvalue weighted by Gasteiger charge is -2.03. The Morgan fingerprint density at radius 1 is 0.870 bits per heavy atom. The molecular formula is C21H30OS. The minimum absolute atomic E-state index is 0.893. The molecule has 0 amide bonds. The predicted molar refractivity (Wildman–Crippen MR) is 105 cm³/mol. The molecule has 0 aliphatic heterocycles. The van der Waals surface area contributed by atoms with Crippen LogP contribution >= 0.6 is 12.0 Å². The zero-order valence-electron chi connectivity index (χ0n) is 15.0. The molecule has 0 N–H and O–H groups in total. The SMILES string of the molecule is CC(C)=CCCC(C)=CCCC(C)=CCSOc1ccccc1. The first-order chi connectivity index (χ1) is 11.1. The minimum Gasteiger partial charge on any atom is -0.425 e. The lowest BCUT2D eigenvalue weighted by molar-refractivity contribution is 0.648. The second kappa shape index (κ2) is 12.1. The summed E-state index contributed by atoms with van der Waals surface area (Å²) in [6.07, 6.45) is 11.6. The fraction of sp³-hybridized carbons (Fsp3) is 0.429. The number of hydrogen-bond donors (Lipinski definition) is 0. The van der Waals surface area contributed by atoms with Gasteiger partial charge in [0, 0.05) is 5.75 Å². The lowest BCUT2D eigenvalue weighted by Crippen LogP contribution is -1.85. The third-order valence-corrected chi connectivity index (χ3v) is 4.13. The van der Waals surface area contributed by atoms with Gasteiger partial charge in [-0.3, -0.25) is 0 Å². The third-order valence-electron chi connectivity index (χ3n) is 3.52. The van der Waals surface area contributed by atoms with Crippen LogP contribution in [-0.4, -0.2) is 5.75 Å². The van der Waals surface area contributed by atoms with Crippen molar-refractivity contribution in [2.45, 2.75) is 53.4 Å². The van der Waals surface area contributed by atoms with E-state index in [-0.39, 0.29) is 0 Å². The van der Waals surface area contributed by atoms with Gasteiger partial charge in [0.15, 0.2) is 0 Å². The molecule has 2 heteroatoms. The van der Waals surface area contributed by atoms with Crippen LogP contribution < -0.4 is 4.18 Å². The maximum absolute atomic E-state index is 5.62. The monoisotopic (exact) mass is 330 g/mol. The minimum atomic E-state index is 0.893.